The summed E-state index contributed by atoms with van der Waals surface area (Å²) in [6.07, 6.45) is 3.68. The van der Waals surface area contributed by atoms with Crippen molar-refractivity contribution in [3.05, 3.63) is 103 Å². The molecule has 0 radical (unpaired) electrons. The number of carbonyl (C=O) groups is 2. The molecule has 3 aromatic carbocycles. The number of amides is 2. The average Bonchev–Trinajstić information content (AvgIpc) is 3.66. The minimum absolute atomic E-state index is 0.0283. The summed E-state index contributed by atoms with van der Waals surface area (Å²) in [4.78, 5) is 26.8. The molecule has 1 saturated carbocycles. The molecule has 11 heteroatoms. The molecule has 41 heavy (non-hydrogen) atoms. The van der Waals surface area contributed by atoms with E-state index in [0.717, 1.165) is 23.1 Å². The third-order valence-corrected chi connectivity index (χ3v) is 7.14. The Hall–Kier alpha value is -5.32. The lowest BCUT2D eigenvalue weighted by Crippen LogP contribution is -2.41. The van der Waals surface area contributed by atoms with E-state index < -0.39 is 34.7 Å². The average molecular weight is 558 g/mol. The molecule has 6 rings (SSSR count). The lowest BCUT2D eigenvalue weighted by Gasteiger charge is -2.26. The summed E-state index contributed by atoms with van der Waals surface area (Å²) < 4.78 is 50.5. The van der Waals surface area contributed by atoms with Gasteiger partial charge in [-0.25, -0.2) is 17.7 Å². The Kier molecular flexibility index (Phi) is 6.14. The molecular weight excluding hydrogens is 535 g/mol. The molecule has 0 bridgehead atoms. The van der Waals surface area contributed by atoms with Crippen LogP contribution in [0.2, 0.25) is 0 Å². The number of nitrogen functional groups attached to an aromatic ring is 1. The van der Waals surface area contributed by atoms with Crippen molar-refractivity contribution in [2.75, 3.05) is 10.6 Å². The van der Waals surface area contributed by atoms with E-state index in [4.69, 9.17) is 16.2 Å². The summed E-state index contributed by atoms with van der Waals surface area (Å²) in [5.74, 6) is -3.18. The minimum atomic E-state index is -1.40. The van der Waals surface area contributed by atoms with E-state index in [-0.39, 0.29) is 41.4 Å². The van der Waals surface area contributed by atoms with Crippen molar-refractivity contribution in [1.29, 1.82) is 0 Å². The summed E-state index contributed by atoms with van der Waals surface area (Å²) >= 11 is 0. The van der Waals surface area contributed by atoms with E-state index in [9.17, 15) is 18.4 Å². The SMILES string of the molecule is NC(=O)C1(C(=O)N(c2ccc(F)cc2)c2ccc(Oc3ccnn4ccc(-c5ccc(F)c(N)c5)c34)c(F)c2)CC1. The molecule has 0 spiro atoms. The second kappa shape index (κ2) is 9.70. The molecule has 5 aromatic rings. The van der Waals surface area contributed by atoms with Crippen LogP contribution in [0.15, 0.2) is 85.2 Å². The number of halogens is 3. The number of rotatable bonds is 7. The molecule has 2 aromatic heterocycles. The Morgan fingerprint density at radius 2 is 1.61 bits per heavy atom. The second-order valence-electron chi connectivity index (χ2n) is 9.73. The van der Waals surface area contributed by atoms with Crippen molar-refractivity contribution in [1.82, 2.24) is 9.61 Å². The molecule has 206 valence electrons. The van der Waals surface area contributed by atoms with E-state index in [1.54, 1.807) is 24.4 Å². The van der Waals surface area contributed by atoms with E-state index in [1.165, 1.54) is 47.1 Å². The van der Waals surface area contributed by atoms with Gasteiger partial charge in [-0.1, -0.05) is 6.07 Å². The van der Waals surface area contributed by atoms with Crippen molar-refractivity contribution >= 4 is 34.4 Å². The Bertz CT molecular complexity index is 1830. The third-order valence-electron chi connectivity index (χ3n) is 7.14. The van der Waals surface area contributed by atoms with Crippen LogP contribution in [0.1, 0.15) is 12.8 Å². The van der Waals surface area contributed by atoms with Gasteiger partial charge in [0.1, 0.15) is 22.6 Å². The topological polar surface area (TPSA) is 116 Å². The standard InChI is InChI=1S/C30H22F3N5O3/c31-18-2-4-19(5-3-18)38(29(40)30(11-12-30)28(35)39)20-6-8-25(23(33)16-20)41-26-9-13-36-37-14-10-21(27(26)37)17-1-7-22(32)24(34)15-17/h1-10,13-16H,11-12,34H2,(H2,35,39). The van der Waals surface area contributed by atoms with Crippen LogP contribution in [0.25, 0.3) is 16.6 Å². The number of aromatic nitrogens is 2. The fourth-order valence-electron chi connectivity index (χ4n) is 4.75. The molecule has 4 N–H and O–H groups in total. The van der Waals surface area contributed by atoms with Crippen molar-refractivity contribution in [2.24, 2.45) is 11.1 Å². The van der Waals surface area contributed by atoms with Crippen molar-refractivity contribution < 1.29 is 27.5 Å². The van der Waals surface area contributed by atoms with Crippen LogP contribution in [0.5, 0.6) is 11.5 Å². The Labute approximate surface area is 231 Å². The number of nitrogens with zero attached hydrogens (tertiary/aromatic N) is 3. The summed E-state index contributed by atoms with van der Waals surface area (Å²) in [5.41, 5.74) is 11.9. The van der Waals surface area contributed by atoms with Crippen molar-refractivity contribution in [2.45, 2.75) is 12.8 Å². The van der Waals surface area contributed by atoms with Gasteiger partial charge < -0.3 is 16.2 Å². The number of carbonyl (C=O) groups excluding carboxylic acids is 2. The first-order valence-corrected chi connectivity index (χ1v) is 12.6. The second-order valence-corrected chi connectivity index (χ2v) is 9.73. The van der Waals surface area contributed by atoms with Gasteiger partial charge in [-0.15, -0.1) is 0 Å². The highest BCUT2D eigenvalue weighted by molar-refractivity contribution is 6.16. The lowest BCUT2D eigenvalue weighted by atomic mass is 10.0. The quantitative estimate of drug-likeness (QED) is 0.196. The van der Waals surface area contributed by atoms with Gasteiger partial charge in [-0.05, 0) is 73.0 Å². The number of benzene rings is 3. The van der Waals surface area contributed by atoms with Gasteiger partial charge in [0.05, 0.1) is 17.6 Å². The molecule has 1 aliphatic carbocycles. The van der Waals surface area contributed by atoms with Gasteiger partial charge in [0.2, 0.25) is 11.8 Å². The number of ether oxygens (including phenoxy) is 1. The molecule has 1 aliphatic rings. The summed E-state index contributed by atoms with van der Waals surface area (Å²) in [5, 5.41) is 4.26. The fraction of sp³-hybridized carbons (Fsp3) is 0.100. The third kappa shape index (κ3) is 4.50. The van der Waals surface area contributed by atoms with Crippen LogP contribution in [-0.4, -0.2) is 21.4 Å². The highest BCUT2D eigenvalue weighted by Gasteiger charge is 2.57. The van der Waals surface area contributed by atoms with Crippen LogP contribution >= 0.6 is 0 Å². The number of anilines is 3. The summed E-state index contributed by atoms with van der Waals surface area (Å²) in [6, 6.07) is 16.5. The van der Waals surface area contributed by atoms with Gasteiger partial charge in [0.25, 0.3) is 0 Å². The summed E-state index contributed by atoms with van der Waals surface area (Å²) in [7, 11) is 0. The van der Waals surface area contributed by atoms with Gasteiger partial charge in [-0.3, -0.25) is 14.5 Å². The van der Waals surface area contributed by atoms with Crippen molar-refractivity contribution in [3.8, 4) is 22.6 Å². The van der Waals surface area contributed by atoms with Crippen LogP contribution in [-0.2, 0) is 9.59 Å². The van der Waals surface area contributed by atoms with Gasteiger partial charge >= 0.3 is 0 Å². The van der Waals surface area contributed by atoms with Gasteiger partial charge in [0.15, 0.2) is 17.3 Å². The lowest BCUT2D eigenvalue weighted by molar-refractivity contribution is -0.133. The maximum absolute atomic E-state index is 15.6. The number of fused-ring (bicyclic) bond motifs is 1. The highest BCUT2D eigenvalue weighted by Crippen LogP contribution is 2.49. The van der Waals surface area contributed by atoms with Crippen molar-refractivity contribution in [3.63, 3.8) is 0 Å². The monoisotopic (exact) mass is 557 g/mol. The predicted molar refractivity (Wildman–Crippen MR) is 146 cm³/mol. The Morgan fingerprint density at radius 1 is 0.878 bits per heavy atom. The number of hydrogen-bond acceptors (Lipinski definition) is 5. The van der Waals surface area contributed by atoms with Crippen LogP contribution in [0.3, 0.4) is 0 Å². The predicted octanol–water partition coefficient (Wildman–Crippen LogP) is 5.72. The molecule has 8 nitrogen and oxygen atoms in total. The van der Waals surface area contributed by atoms with E-state index >= 15 is 4.39 Å². The molecule has 0 aliphatic heterocycles. The first-order chi connectivity index (χ1) is 19.7. The maximum atomic E-state index is 15.6. The molecule has 2 heterocycles. The molecule has 1 fully saturated rings. The minimum Gasteiger partial charge on any atom is -0.452 e. The Balaban J connectivity index is 1.38. The fourth-order valence-corrected chi connectivity index (χ4v) is 4.75. The molecule has 2 amide bonds. The smallest absolute Gasteiger partial charge is 0.247 e. The van der Waals surface area contributed by atoms with Crippen LogP contribution in [0.4, 0.5) is 30.2 Å². The number of nitrogens with two attached hydrogens (primary N) is 2. The summed E-state index contributed by atoms with van der Waals surface area (Å²) in [6.45, 7) is 0. The largest absolute Gasteiger partial charge is 0.452 e. The number of hydrogen-bond donors (Lipinski definition) is 2. The molecule has 0 saturated heterocycles. The zero-order chi connectivity index (χ0) is 28.9. The highest BCUT2D eigenvalue weighted by atomic mass is 19.1. The van der Waals surface area contributed by atoms with Crippen LogP contribution in [0, 0.1) is 22.9 Å². The first kappa shape index (κ1) is 25.9. The number of primary amides is 1. The zero-order valence-corrected chi connectivity index (χ0v) is 21.4. The van der Waals surface area contributed by atoms with E-state index in [0.29, 0.717) is 16.6 Å². The van der Waals surface area contributed by atoms with E-state index in [2.05, 4.69) is 5.10 Å². The van der Waals surface area contributed by atoms with Crippen LogP contribution < -0.4 is 21.1 Å². The normalized spacial score (nSPS) is 13.6. The van der Waals surface area contributed by atoms with E-state index in [1.807, 2.05) is 0 Å². The zero-order valence-electron chi connectivity index (χ0n) is 21.4. The van der Waals surface area contributed by atoms with Gasteiger partial charge in [0, 0.05) is 29.6 Å². The maximum Gasteiger partial charge on any atom is 0.247 e. The van der Waals surface area contributed by atoms with Gasteiger partial charge in [-0.2, -0.15) is 5.10 Å². The molecule has 0 unspecified atom stereocenters. The first-order valence-electron chi connectivity index (χ1n) is 12.6. The Morgan fingerprint density at radius 3 is 2.27 bits per heavy atom. The molecular formula is C30H22F3N5O3. The molecule has 0 atom stereocenters.